The highest BCUT2D eigenvalue weighted by molar-refractivity contribution is 5.87. The fourth-order valence-corrected chi connectivity index (χ4v) is 4.98. The molecule has 0 aliphatic heterocycles. The molecule has 4 nitrogen and oxygen atoms in total. The number of nitrogens with one attached hydrogen (secondary N) is 2. The number of rotatable bonds is 10. The first kappa shape index (κ1) is 22.8. The first-order valence-electron chi connectivity index (χ1n) is 12.2. The molecule has 0 aromatic heterocycles. The van der Waals surface area contributed by atoms with Crippen LogP contribution in [0, 0.1) is 11.8 Å². The summed E-state index contributed by atoms with van der Waals surface area (Å²) < 4.78 is 0. The van der Waals surface area contributed by atoms with E-state index in [9.17, 15) is 4.79 Å². The van der Waals surface area contributed by atoms with Crippen LogP contribution < -0.4 is 10.6 Å². The minimum absolute atomic E-state index is 0.348. The van der Waals surface area contributed by atoms with E-state index in [0.717, 1.165) is 31.0 Å². The quantitative estimate of drug-likeness (QED) is 0.464. The van der Waals surface area contributed by atoms with Gasteiger partial charge in [-0.15, -0.1) is 0 Å². The van der Waals surface area contributed by atoms with Gasteiger partial charge in [0.15, 0.2) is 0 Å². The van der Waals surface area contributed by atoms with Gasteiger partial charge in [-0.25, -0.2) is 4.79 Å². The van der Waals surface area contributed by atoms with Gasteiger partial charge in [0.05, 0.1) is 5.56 Å². The van der Waals surface area contributed by atoms with Gasteiger partial charge in [0.1, 0.15) is 0 Å². The Labute approximate surface area is 192 Å². The average Bonchev–Trinajstić information content (AvgIpc) is 3.61. The van der Waals surface area contributed by atoms with Crippen LogP contribution >= 0.6 is 0 Å². The molecule has 170 valence electrons. The number of carboxylic acids is 1. The second kappa shape index (κ2) is 10.9. The van der Waals surface area contributed by atoms with Crippen molar-refractivity contribution in [2.75, 3.05) is 6.54 Å². The monoisotopic (exact) mass is 432 g/mol. The van der Waals surface area contributed by atoms with Crippen LogP contribution in [0.2, 0.25) is 0 Å². The molecule has 2 atom stereocenters. The summed E-state index contributed by atoms with van der Waals surface area (Å²) in [6.07, 6.45) is 9.81. The number of benzene rings is 2. The molecule has 2 aromatic carbocycles. The zero-order valence-electron chi connectivity index (χ0n) is 19.1. The molecule has 0 bridgehead atoms. The minimum Gasteiger partial charge on any atom is -0.478 e. The summed E-state index contributed by atoms with van der Waals surface area (Å²) in [6, 6.07) is 19.1. The Hall–Kier alpha value is -2.43. The smallest absolute Gasteiger partial charge is 0.335 e. The fraction of sp³-hybridized carbons (Fsp3) is 0.464. The lowest BCUT2D eigenvalue weighted by molar-refractivity contribution is 0.0697. The summed E-state index contributed by atoms with van der Waals surface area (Å²) in [4.78, 5) is 11.0. The van der Waals surface area contributed by atoms with Crippen molar-refractivity contribution in [3.05, 3.63) is 76.9 Å². The Bertz CT molecular complexity index is 899. The second-order valence-corrected chi connectivity index (χ2v) is 9.44. The van der Waals surface area contributed by atoms with E-state index in [-0.39, 0.29) is 0 Å². The van der Waals surface area contributed by atoms with E-state index in [0.29, 0.717) is 23.6 Å². The second-order valence-electron chi connectivity index (χ2n) is 9.44. The van der Waals surface area contributed by atoms with Gasteiger partial charge in [-0.05, 0) is 80.2 Å². The van der Waals surface area contributed by atoms with Gasteiger partial charge in [0, 0.05) is 18.6 Å². The van der Waals surface area contributed by atoms with Crippen LogP contribution in [-0.4, -0.2) is 29.7 Å². The van der Waals surface area contributed by atoms with E-state index < -0.39 is 5.97 Å². The highest BCUT2D eigenvalue weighted by Gasteiger charge is 2.39. The molecule has 2 aliphatic rings. The van der Waals surface area contributed by atoms with Crippen LogP contribution in [0.1, 0.15) is 66.9 Å². The number of hydrogen-bond acceptors (Lipinski definition) is 3. The van der Waals surface area contributed by atoms with Crippen LogP contribution in [0.3, 0.4) is 0 Å². The lowest BCUT2D eigenvalue weighted by Crippen LogP contribution is -2.36. The van der Waals surface area contributed by atoms with Crippen molar-refractivity contribution in [3.8, 4) is 0 Å². The maximum atomic E-state index is 11.0. The molecule has 2 aromatic rings. The Kier molecular flexibility index (Phi) is 7.77. The third kappa shape index (κ3) is 6.30. The summed E-state index contributed by atoms with van der Waals surface area (Å²) in [7, 11) is 0. The third-order valence-corrected chi connectivity index (χ3v) is 7.14. The molecule has 1 unspecified atom stereocenters. The Morgan fingerprint density at radius 1 is 1.00 bits per heavy atom. The summed E-state index contributed by atoms with van der Waals surface area (Å²) in [5.41, 5.74) is 4.40. The van der Waals surface area contributed by atoms with Gasteiger partial charge in [-0.1, -0.05) is 61.0 Å². The van der Waals surface area contributed by atoms with Gasteiger partial charge in [0.2, 0.25) is 0 Å². The van der Waals surface area contributed by atoms with Gasteiger partial charge in [-0.2, -0.15) is 0 Å². The number of hydrogen-bond donors (Lipinski definition) is 3. The molecule has 4 rings (SSSR count). The molecular weight excluding hydrogens is 396 g/mol. The highest BCUT2D eigenvalue weighted by atomic mass is 16.4. The molecule has 2 fully saturated rings. The van der Waals surface area contributed by atoms with E-state index in [1.807, 2.05) is 12.1 Å². The Morgan fingerprint density at radius 2 is 1.72 bits per heavy atom. The first-order chi connectivity index (χ1) is 15.6. The van der Waals surface area contributed by atoms with Crippen molar-refractivity contribution in [1.29, 1.82) is 0 Å². The predicted molar refractivity (Wildman–Crippen MR) is 131 cm³/mol. The summed E-state index contributed by atoms with van der Waals surface area (Å²) in [5.74, 6) is 0.630. The van der Waals surface area contributed by atoms with E-state index in [2.05, 4.69) is 54.0 Å². The predicted octanol–water partition coefficient (Wildman–Crippen LogP) is 5.50. The average molecular weight is 433 g/mol. The fourth-order valence-electron chi connectivity index (χ4n) is 4.98. The summed E-state index contributed by atoms with van der Waals surface area (Å²) >= 11 is 0. The zero-order chi connectivity index (χ0) is 22.3. The van der Waals surface area contributed by atoms with Gasteiger partial charge < -0.3 is 15.7 Å². The number of carboxylic acid groups (broad SMARTS) is 1. The standard InChI is InChI=1S/C28H36N2O2/c1-2-23(16-20-6-4-3-5-7-20)26-17-27(26)30-19-22-10-14-25(15-11-22)29-18-21-8-12-24(13-9-21)28(31)32/h3-9,12-13,16,22,25-27,29-30H,2,10-11,14-15,17-19H2,1H3,(H,31,32)/t22?,25?,26?,27-/m0/s1. The molecule has 2 saturated carbocycles. The molecule has 0 amide bonds. The zero-order valence-corrected chi connectivity index (χ0v) is 19.1. The van der Waals surface area contributed by atoms with Gasteiger partial charge >= 0.3 is 5.97 Å². The number of aromatic carboxylic acids is 1. The molecule has 0 spiro atoms. The lowest BCUT2D eigenvalue weighted by atomic mass is 9.86. The SMILES string of the molecule is CCC(=Cc1ccccc1)C1C[C@@H]1NCC1CCC(NCc2ccc(C(=O)O)cc2)CC1. The molecular formula is C28H36N2O2. The van der Waals surface area contributed by atoms with Crippen LogP contribution in [0.15, 0.2) is 60.2 Å². The summed E-state index contributed by atoms with van der Waals surface area (Å²) in [6.45, 7) is 4.23. The topological polar surface area (TPSA) is 61.4 Å². The maximum Gasteiger partial charge on any atom is 0.335 e. The molecule has 0 radical (unpaired) electrons. The van der Waals surface area contributed by atoms with Crippen LogP contribution in [0.25, 0.3) is 6.08 Å². The lowest BCUT2D eigenvalue weighted by Gasteiger charge is -2.29. The van der Waals surface area contributed by atoms with E-state index >= 15 is 0 Å². The molecule has 4 heteroatoms. The van der Waals surface area contributed by atoms with Crippen LogP contribution in [0.5, 0.6) is 0 Å². The molecule has 32 heavy (non-hydrogen) atoms. The van der Waals surface area contributed by atoms with E-state index in [1.165, 1.54) is 37.7 Å². The van der Waals surface area contributed by atoms with Crippen molar-refractivity contribution in [3.63, 3.8) is 0 Å². The molecule has 0 heterocycles. The normalized spacial score (nSPS) is 25.5. The Balaban J connectivity index is 1.14. The van der Waals surface area contributed by atoms with Crippen molar-refractivity contribution < 1.29 is 9.90 Å². The van der Waals surface area contributed by atoms with Crippen molar-refractivity contribution in [2.24, 2.45) is 11.8 Å². The number of carbonyl (C=O) groups is 1. The Morgan fingerprint density at radius 3 is 2.38 bits per heavy atom. The summed E-state index contributed by atoms with van der Waals surface area (Å²) in [5, 5.41) is 16.5. The van der Waals surface area contributed by atoms with Gasteiger partial charge in [-0.3, -0.25) is 0 Å². The van der Waals surface area contributed by atoms with Crippen LogP contribution in [-0.2, 0) is 6.54 Å². The minimum atomic E-state index is -0.868. The molecule has 2 aliphatic carbocycles. The van der Waals surface area contributed by atoms with Crippen molar-refractivity contribution in [2.45, 2.75) is 64.1 Å². The highest BCUT2D eigenvalue weighted by Crippen LogP contribution is 2.40. The van der Waals surface area contributed by atoms with Crippen molar-refractivity contribution >= 4 is 12.0 Å². The first-order valence-corrected chi connectivity index (χ1v) is 12.2. The molecule has 3 N–H and O–H groups in total. The third-order valence-electron chi connectivity index (χ3n) is 7.14. The maximum absolute atomic E-state index is 11.0. The van der Waals surface area contributed by atoms with E-state index in [4.69, 9.17) is 5.11 Å². The van der Waals surface area contributed by atoms with Crippen molar-refractivity contribution in [1.82, 2.24) is 10.6 Å². The largest absolute Gasteiger partial charge is 0.478 e. The van der Waals surface area contributed by atoms with E-state index in [1.54, 1.807) is 17.7 Å². The molecule has 0 saturated heterocycles. The van der Waals surface area contributed by atoms with Crippen LogP contribution in [0.4, 0.5) is 0 Å². The van der Waals surface area contributed by atoms with Gasteiger partial charge in [0.25, 0.3) is 0 Å².